The highest BCUT2D eigenvalue weighted by Crippen LogP contribution is 2.25. The summed E-state index contributed by atoms with van der Waals surface area (Å²) in [5.41, 5.74) is 3.47. The highest BCUT2D eigenvalue weighted by atomic mass is 14.1. The average Bonchev–Trinajstić information content (AvgIpc) is 2.39. The van der Waals surface area contributed by atoms with Crippen molar-refractivity contribution in [2.24, 2.45) is 0 Å². The van der Waals surface area contributed by atoms with E-state index in [4.69, 9.17) is 0 Å². The first-order valence-corrected chi connectivity index (χ1v) is 5.73. The summed E-state index contributed by atoms with van der Waals surface area (Å²) in [4.78, 5) is 0. The lowest BCUT2D eigenvalue weighted by Gasteiger charge is -2.10. The van der Waals surface area contributed by atoms with E-state index in [2.05, 4.69) is 26.0 Å². The molecule has 0 fully saturated rings. The van der Waals surface area contributed by atoms with Gasteiger partial charge in [0.2, 0.25) is 0 Å². The maximum absolute atomic E-state index is 2.35. The Balaban J connectivity index is 2.57. The predicted molar refractivity (Wildman–Crippen MR) is 59.8 cm³/mol. The molecule has 0 aliphatic heterocycles. The topological polar surface area (TPSA) is 0 Å². The van der Waals surface area contributed by atoms with Crippen LogP contribution in [0.2, 0.25) is 0 Å². The molecule has 0 spiro atoms. The van der Waals surface area contributed by atoms with Gasteiger partial charge in [-0.2, -0.15) is 0 Å². The molecule has 0 amide bonds. The van der Waals surface area contributed by atoms with Crippen molar-refractivity contribution in [2.75, 3.05) is 0 Å². The van der Waals surface area contributed by atoms with E-state index in [0.717, 1.165) is 0 Å². The zero-order valence-corrected chi connectivity index (χ0v) is 9.10. The van der Waals surface area contributed by atoms with Crippen LogP contribution in [-0.2, 0) is 0 Å². The normalized spacial score (nSPS) is 17.7. The summed E-state index contributed by atoms with van der Waals surface area (Å²) >= 11 is 0. The zero-order chi connectivity index (χ0) is 9.52. The molecule has 1 rings (SSSR count). The van der Waals surface area contributed by atoms with Crippen LogP contribution >= 0.6 is 0 Å². The fraction of sp³-hybridized carbons (Fsp3) is 0.692. The van der Waals surface area contributed by atoms with Gasteiger partial charge in [0.05, 0.1) is 0 Å². The fourth-order valence-corrected chi connectivity index (χ4v) is 2.01. The van der Waals surface area contributed by atoms with Crippen molar-refractivity contribution in [3.05, 3.63) is 23.3 Å². The molecular weight excluding hydrogens is 156 g/mol. The third-order valence-electron chi connectivity index (χ3n) is 2.90. The first-order valence-electron chi connectivity index (χ1n) is 5.73. The third kappa shape index (κ3) is 3.38. The molecule has 0 aromatic carbocycles. The Labute approximate surface area is 82.7 Å². The minimum absolute atomic E-state index is 1.22. The van der Waals surface area contributed by atoms with Gasteiger partial charge in [-0.05, 0) is 38.5 Å². The smallest absolute Gasteiger partial charge is 0.0136 e. The van der Waals surface area contributed by atoms with Gasteiger partial charge in [0, 0.05) is 0 Å². The van der Waals surface area contributed by atoms with Crippen LogP contribution in [0.4, 0.5) is 0 Å². The summed E-state index contributed by atoms with van der Waals surface area (Å²) in [6, 6.07) is 0. The third-order valence-corrected chi connectivity index (χ3v) is 2.90. The Bertz CT molecular complexity index is 196. The molecular formula is C13H22. The summed E-state index contributed by atoms with van der Waals surface area (Å²) in [6.45, 7) is 4.57. The van der Waals surface area contributed by atoms with Crippen LogP contribution in [0.15, 0.2) is 23.3 Å². The van der Waals surface area contributed by atoms with E-state index in [1.165, 1.54) is 44.9 Å². The van der Waals surface area contributed by atoms with Gasteiger partial charge in [-0.25, -0.2) is 0 Å². The number of unbranched alkanes of at least 4 members (excludes halogenated alkanes) is 1. The Morgan fingerprint density at radius 2 is 2.00 bits per heavy atom. The molecule has 0 N–H and O–H groups in total. The predicted octanol–water partition coefficient (Wildman–Crippen LogP) is 4.62. The molecule has 0 atom stereocenters. The summed E-state index contributed by atoms with van der Waals surface area (Å²) in [5.74, 6) is 0. The molecule has 74 valence electrons. The van der Waals surface area contributed by atoms with Crippen LogP contribution in [0.5, 0.6) is 0 Å². The average molecular weight is 178 g/mol. The highest BCUT2D eigenvalue weighted by molar-refractivity contribution is 5.20. The highest BCUT2D eigenvalue weighted by Gasteiger charge is 2.05. The minimum Gasteiger partial charge on any atom is -0.0879 e. The molecule has 1 aliphatic carbocycles. The second kappa shape index (κ2) is 6.01. The van der Waals surface area contributed by atoms with Gasteiger partial charge in [-0.15, -0.1) is 0 Å². The second-order valence-corrected chi connectivity index (χ2v) is 3.88. The molecule has 0 bridgehead atoms. The van der Waals surface area contributed by atoms with Crippen molar-refractivity contribution < 1.29 is 0 Å². The lowest BCUT2D eigenvalue weighted by atomic mass is 9.96. The molecule has 13 heavy (non-hydrogen) atoms. The van der Waals surface area contributed by atoms with Gasteiger partial charge in [-0.3, -0.25) is 0 Å². The Morgan fingerprint density at radius 1 is 1.15 bits per heavy atom. The van der Waals surface area contributed by atoms with Gasteiger partial charge in [0.15, 0.2) is 0 Å². The number of hydrogen-bond donors (Lipinski definition) is 0. The molecule has 0 aromatic heterocycles. The van der Waals surface area contributed by atoms with Crippen LogP contribution in [0.3, 0.4) is 0 Å². The van der Waals surface area contributed by atoms with Crippen molar-refractivity contribution >= 4 is 0 Å². The SMILES string of the molecule is CCCCC1=C(CC)CC=CCC1. The lowest BCUT2D eigenvalue weighted by molar-refractivity contribution is 0.739. The van der Waals surface area contributed by atoms with Gasteiger partial charge in [0.1, 0.15) is 0 Å². The second-order valence-electron chi connectivity index (χ2n) is 3.88. The quantitative estimate of drug-likeness (QED) is 0.551. The fourth-order valence-electron chi connectivity index (χ4n) is 2.01. The van der Waals surface area contributed by atoms with Gasteiger partial charge < -0.3 is 0 Å². The van der Waals surface area contributed by atoms with E-state index in [1.54, 1.807) is 11.1 Å². The van der Waals surface area contributed by atoms with Crippen LogP contribution in [0.25, 0.3) is 0 Å². The van der Waals surface area contributed by atoms with Crippen molar-refractivity contribution in [1.29, 1.82) is 0 Å². The summed E-state index contributed by atoms with van der Waals surface area (Å²) in [5, 5.41) is 0. The maximum atomic E-state index is 2.35. The lowest BCUT2D eigenvalue weighted by Crippen LogP contribution is -1.90. The molecule has 0 aromatic rings. The van der Waals surface area contributed by atoms with Crippen molar-refractivity contribution in [1.82, 2.24) is 0 Å². The number of rotatable bonds is 4. The van der Waals surface area contributed by atoms with Crippen LogP contribution in [0.1, 0.15) is 58.8 Å². The molecule has 0 saturated carbocycles. The van der Waals surface area contributed by atoms with E-state index >= 15 is 0 Å². The first-order chi connectivity index (χ1) is 6.38. The molecule has 0 heteroatoms. The van der Waals surface area contributed by atoms with Crippen LogP contribution < -0.4 is 0 Å². The largest absolute Gasteiger partial charge is 0.0879 e. The van der Waals surface area contributed by atoms with Crippen molar-refractivity contribution in [2.45, 2.75) is 58.8 Å². The zero-order valence-electron chi connectivity index (χ0n) is 9.10. The van der Waals surface area contributed by atoms with E-state index in [1.807, 2.05) is 0 Å². The minimum atomic E-state index is 1.22. The van der Waals surface area contributed by atoms with E-state index in [-0.39, 0.29) is 0 Å². The standard InChI is InChI=1S/C13H22/c1-3-5-9-13-11-8-6-7-10-12(13)4-2/h6-7H,3-5,8-11H2,1-2H3. The van der Waals surface area contributed by atoms with Crippen LogP contribution in [-0.4, -0.2) is 0 Å². The van der Waals surface area contributed by atoms with Gasteiger partial charge in [-0.1, -0.05) is 43.6 Å². The maximum Gasteiger partial charge on any atom is -0.0136 e. The molecule has 1 aliphatic rings. The van der Waals surface area contributed by atoms with Gasteiger partial charge in [0.25, 0.3) is 0 Å². The summed E-state index contributed by atoms with van der Waals surface area (Å²) in [6.07, 6.45) is 13.8. The van der Waals surface area contributed by atoms with Crippen LogP contribution in [0, 0.1) is 0 Å². The molecule has 0 unspecified atom stereocenters. The number of allylic oxidation sites excluding steroid dienone is 4. The summed E-state index contributed by atoms with van der Waals surface area (Å²) in [7, 11) is 0. The molecule has 0 heterocycles. The monoisotopic (exact) mass is 178 g/mol. The van der Waals surface area contributed by atoms with Crippen molar-refractivity contribution in [3.8, 4) is 0 Å². The Hall–Kier alpha value is -0.520. The summed E-state index contributed by atoms with van der Waals surface area (Å²) < 4.78 is 0. The molecule has 0 nitrogen and oxygen atoms in total. The first kappa shape index (κ1) is 10.6. The molecule has 0 radical (unpaired) electrons. The molecule has 0 saturated heterocycles. The van der Waals surface area contributed by atoms with E-state index in [9.17, 15) is 0 Å². The Morgan fingerprint density at radius 3 is 2.69 bits per heavy atom. The van der Waals surface area contributed by atoms with E-state index < -0.39 is 0 Å². The Kier molecular flexibility index (Phi) is 4.88. The number of hydrogen-bond acceptors (Lipinski definition) is 0. The van der Waals surface area contributed by atoms with Gasteiger partial charge >= 0.3 is 0 Å². The van der Waals surface area contributed by atoms with E-state index in [0.29, 0.717) is 0 Å². The van der Waals surface area contributed by atoms with Crippen molar-refractivity contribution in [3.63, 3.8) is 0 Å².